The van der Waals surface area contributed by atoms with Crippen molar-refractivity contribution in [3.63, 3.8) is 0 Å². The maximum atomic E-state index is 14.3. The van der Waals surface area contributed by atoms with E-state index in [1.54, 1.807) is 6.07 Å². The summed E-state index contributed by atoms with van der Waals surface area (Å²) >= 11 is 0. The average molecular weight is 320 g/mol. The minimum absolute atomic E-state index is 0.180. The van der Waals surface area contributed by atoms with Crippen LogP contribution in [0.5, 0.6) is 5.75 Å². The van der Waals surface area contributed by atoms with E-state index < -0.39 is 24.5 Å². The monoisotopic (exact) mass is 320 g/mol. The molecule has 1 fully saturated rings. The van der Waals surface area contributed by atoms with Crippen LogP contribution in [-0.2, 0) is 0 Å². The Hall–Kier alpha value is -1.34. The van der Waals surface area contributed by atoms with Crippen molar-refractivity contribution in [1.29, 1.82) is 0 Å². The summed E-state index contributed by atoms with van der Waals surface area (Å²) in [5, 5.41) is 3.15. The number of nitrogens with zero attached hydrogens (tertiary/aromatic N) is 1. The van der Waals surface area contributed by atoms with Crippen molar-refractivity contribution in [3.05, 3.63) is 29.6 Å². The molecule has 1 aromatic carbocycles. The highest BCUT2D eigenvalue weighted by Crippen LogP contribution is 2.37. The number of rotatable bonds is 5. The molecule has 0 bridgehead atoms. The van der Waals surface area contributed by atoms with Crippen LogP contribution in [0, 0.1) is 5.82 Å². The summed E-state index contributed by atoms with van der Waals surface area (Å²) in [6.07, 6.45) is -5.38. The van der Waals surface area contributed by atoms with Gasteiger partial charge >= 0.3 is 6.18 Å². The number of benzene rings is 1. The Labute approximate surface area is 127 Å². The molecule has 1 atom stereocenters. The number of alkyl halides is 3. The van der Waals surface area contributed by atoms with Crippen LogP contribution in [0.3, 0.4) is 0 Å². The van der Waals surface area contributed by atoms with Crippen molar-refractivity contribution in [3.8, 4) is 5.75 Å². The quantitative estimate of drug-likeness (QED) is 0.844. The molecule has 2 rings (SSSR count). The fraction of sp³-hybridized carbons (Fsp3) is 0.600. The third-order valence-electron chi connectivity index (χ3n) is 3.86. The highest BCUT2D eigenvalue weighted by molar-refractivity contribution is 5.37. The van der Waals surface area contributed by atoms with Gasteiger partial charge in [0.2, 0.25) is 0 Å². The van der Waals surface area contributed by atoms with Crippen LogP contribution < -0.4 is 10.1 Å². The highest BCUT2D eigenvalue weighted by Gasteiger charge is 2.33. The van der Waals surface area contributed by atoms with Crippen LogP contribution in [0.1, 0.15) is 24.4 Å². The van der Waals surface area contributed by atoms with Crippen molar-refractivity contribution in [2.24, 2.45) is 0 Å². The molecule has 1 aliphatic rings. The molecule has 1 aromatic rings. The number of hydrogen-bond donors (Lipinski definition) is 1. The Kier molecular flexibility index (Phi) is 5.63. The van der Waals surface area contributed by atoms with E-state index >= 15 is 0 Å². The molecule has 0 saturated carbocycles. The summed E-state index contributed by atoms with van der Waals surface area (Å²) in [6.45, 7) is 2.53. The van der Waals surface area contributed by atoms with E-state index in [0.717, 1.165) is 0 Å². The predicted molar refractivity (Wildman–Crippen MR) is 75.4 cm³/mol. The molecule has 1 saturated heterocycles. The molecule has 1 aliphatic heterocycles. The van der Waals surface area contributed by atoms with Gasteiger partial charge in [-0.15, -0.1) is 0 Å². The van der Waals surface area contributed by atoms with E-state index in [4.69, 9.17) is 4.74 Å². The Morgan fingerprint density at radius 1 is 1.27 bits per heavy atom. The zero-order valence-electron chi connectivity index (χ0n) is 12.4. The van der Waals surface area contributed by atoms with Crippen molar-refractivity contribution < 1.29 is 22.3 Å². The van der Waals surface area contributed by atoms with Gasteiger partial charge in [0.1, 0.15) is 11.6 Å². The average Bonchev–Trinajstić information content (AvgIpc) is 2.48. The van der Waals surface area contributed by atoms with Gasteiger partial charge < -0.3 is 10.1 Å². The second-order valence-corrected chi connectivity index (χ2v) is 5.31. The summed E-state index contributed by atoms with van der Waals surface area (Å²) in [5.74, 6) is -0.226. The molecule has 1 heterocycles. The molecule has 124 valence electrons. The van der Waals surface area contributed by atoms with Crippen molar-refractivity contribution >= 4 is 0 Å². The standard InChI is InChI=1S/C15H20F4N2O/c1-22-13-4-2-3-11(16)14(13)12(5-6-15(17,18)19)21-9-7-20-8-10-21/h2-4,12,20H,5-10H2,1H3/t12-/m1/s1. The maximum absolute atomic E-state index is 14.3. The Morgan fingerprint density at radius 3 is 2.55 bits per heavy atom. The number of ether oxygens (including phenoxy) is 1. The van der Waals surface area contributed by atoms with E-state index in [-0.39, 0.29) is 12.0 Å². The minimum Gasteiger partial charge on any atom is -0.496 e. The van der Waals surface area contributed by atoms with Gasteiger partial charge in [-0.1, -0.05) is 6.07 Å². The first-order valence-electron chi connectivity index (χ1n) is 7.26. The normalized spacial score (nSPS) is 18.2. The summed E-state index contributed by atoms with van der Waals surface area (Å²) in [5.41, 5.74) is 0.219. The van der Waals surface area contributed by atoms with E-state index in [0.29, 0.717) is 31.9 Å². The van der Waals surface area contributed by atoms with Gasteiger partial charge in [-0.05, 0) is 18.6 Å². The van der Waals surface area contributed by atoms with E-state index in [2.05, 4.69) is 5.32 Å². The molecular formula is C15H20F4N2O. The molecule has 22 heavy (non-hydrogen) atoms. The molecule has 0 amide bonds. The van der Waals surface area contributed by atoms with Crippen LogP contribution >= 0.6 is 0 Å². The Balaban J connectivity index is 2.30. The summed E-state index contributed by atoms with van der Waals surface area (Å²) < 4.78 is 57.3. The highest BCUT2D eigenvalue weighted by atomic mass is 19.4. The molecule has 0 radical (unpaired) electrons. The van der Waals surface area contributed by atoms with Gasteiger partial charge in [-0.2, -0.15) is 13.2 Å². The largest absolute Gasteiger partial charge is 0.496 e. The fourth-order valence-corrected chi connectivity index (χ4v) is 2.82. The van der Waals surface area contributed by atoms with Crippen molar-refractivity contribution in [2.75, 3.05) is 33.3 Å². The lowest BCUT2D eigenvalue weighted by atomic mass is 9.97. The van der Waals surface area contributed by atoms with Gasteiger partial charge in [0, 0.05) is 44.2 Å². The molecule has 0 aliphatic carbocycles. The lowest BCUT2D eigenvalue weighted by Crippen LogP contribution is -2.45. The molecular weight excluding hydrogens is 300 g/mol. The number of halogens is 4. The van der Waals surface area contributed by atoms with Crippen LogP contribution in [0.25, 0.3) is 0 Å². The van der Waals surface area contributed by atoms with Gasteiger partial charge in [0.15, 0.2) is 0 Å². The minimum atomic E-state index is -4.26. The van der Waals surface area contributed by atoms with Crippen LogP contribution in [0.4, 0.5) is 17.6 Å². The zero-order chi connectivity index (χ0) is 16.2. The third kappa shape index (κ3) is 4.33. The molecule has 7 heteroatoms. The van der Waals surface area contributed by atoms with Gasteiger partial charge in [-0.3, -0.25) is 4.90 Å². The predicted octanol–water partition coefficient (Wildman–Crippen LogP) is 3.12. The SMILES string of the molecule is COc1cccc(F)c1[C@@H](CCC(F)(F)F)N1CCNCC1. The zero-order valence-corrected chi connectivity index (χ0v) is 12.4. The third-order valence-corrected chi connectivity index (χ3v) is 3.86. The Bertz CT molecular complexity index is 487. The van der Waals surface area contributed by atoms with Gasteiger partial charge in [0.05, 0.1) is 7.11 Å². The topological polar surface area (TPSA) is 24.5 Å². The molecule has 0 spiro atoms. The van der Waals surface area contributed by atoms with E-state index in [1.807, 2.05) is 4.90 Å². The molecule has 0 unspecified atom stereocenters. The van der Waals surface area contributed by atoms with Crippen LogP contribution in [0.2, 0.25) is 0 Å². The first kappa shape index (κ1) is 17.0. The number of piperazine rings is 1. The number of hydrogen-bond acceptors (Lipinski definition) is 3. The van der Waals surface area contributed by atoms with Crippen LogP contribution in [0.15, 0.2) is 18.2 Å². The lowest BCUT2D eigenvalue weighted by Gasteiger charge is -2.36. The maximum Gasteiger partial charge on any atom is 0.389 e. The molecule has 1 N–H and O–H groups in total. The fourth-order valence-electron chi connectivity index (χ4n) is 2.82. The van der Waals surface area contributed by atoms with E-state index in [1.165, 1.54) is 19.2 Å². The lowest BCUT2D eigenvalue weighted by molar-refractivity contribution is -0.138. The smallest absolute Gasteiger partial charge is 0.389 e. The molecule has 0 aromatic heterocycles. The number of methoxy groups -OCH3 is 1. The van der Waals surface area contributed by atoms with Crippen molar-refractivity contribution in [1.82, 2.24) is 10.2 Å². The summed E-state index contributed by atoms with van der Waals surface area (Å²) in [4.78, 5) is 1.89. The van der Waals surface area contributed by atoms with Crippen molar-refractivity contribution in [2.45, 2.75) is 25.1 Å². The molecule has 3 nitrogen and oxygen atoms in total. The van der Waals surface area contributed by atoms with Crippen LogP contribution in [-0.4, -0.2) is 44.4 Å². The first-order chi connectivity index (χ1) is 10.4. The second kappa shape index (κ2) is 7.28. The van der Waals surface area contributed by atoms with Gasteiger partial charge in [-0.25, -0.2) is 4.39 Å². The second-order valence-electron chi connectivity index (χ2n) is 5.31. The summed E-state index contributed by atoms with van der Waals surface area (Å²) in [6, 6.07) is 3.71. The van der Waals surface area contributed by atoms with E-state index in [9.17, 15) is 17.6 Å². The Morgan fingerprint density at radius 2 is 1.95 bits per heavy atom. The number of nitrogens with one attached hydrogen (secondary N) is 1. The van der Waals surface area contributed by atoms with Gasteiger partial charge in [0.25, 0.3) is 0 Å². The first-order valence-corrected chi connectivity index (χ1v) is 7.26. The summed E-state index contributed by atoms with van der Waals surface area (Å²) in [7, 11) is 1.40.